The van der Waals surface area contributed by atoms with E-state index in [1.54, 1.807) is 0 Å². The molecule has 2 rings (SSSR count). The number of nitrogens with zero attached hydrogens (tertiary/aromatic N) is 1. The molecule has 0 aromatic rings. The summed E-state index contributed by atoms with van der Waals surface area (Å²) in [5, 5.41) is 10.2. The number of piperidine rings is 1. The van der Waals surface area contributed by atoms with Crippen molar-refractivity contribution in [3.8, 4) is 0 Å². The highest BCUT2D eigenvalue weighted by atomic mass is 16.3. The van der Waals surface area contributed by atoms with Gasteiger partial charge < -0.3 is 5.11 Å². The number of fused-ring (bicyclic) bond motifs is 1. The molecule has 2 heterocycles. The van der Waals surface area contributed by atoms with Crippen LogP contribution in [0, 0.1) is 0 Å². The molecule has 2 aliphatic heterocycles. The van der Waals surface area contributed by atoms with Crippen molar-refractivity contribution in [3.05, 3.63) is 0 Å². The normalized spacial score (nSPS) is 38.3. The minimum atomic E-state index is -0.0465. The summed E-state index contributed by atoms with van der Waals surface area (Å²) in [6.45, 7) is 4.57. The van der Waals surface area contributed by atoms with Crippen molar-refractivity contribution in [1.82, 2.24) is 4.90 Å². The fraction of sp³-hybridized carbons (Fsp3) is 1.00. The molecule has 17 heavy (non-hydrogen) atoms. The van der Waals surface area contributed by atoms with Crippen molar-refractivity contribution >= 4 is 0 Å². The van der Waals surface area contributed by atoms with Crippen molar-refractivity contribution in [2.24, 2.45) is 0 Å². The van der Waals surface area contributed by atoms with Crippen molar-refractivity contribution in [2.45, 2.75) is 95.9 Å². The summed E-state index contributed by atoms with van der Waals surface area (Å²) in [6.07, 6.45) is 11.4. The average Bonchev–Trinajstić information content (AvgIpc) is 2.75. The van der Waals surface area contributed by atoms with Gasteiger partial charge in [-0.3, -0.25) is 4.90 Å². The van der Waals surface area contributed by atoms with Gasteiger partial charge in [0.05, 0.1) is 6.10 Å². The van der Waals surface area contributed by atoms with Crippen LogP contribution in [-0.2, 0) is 0 Å². The standard InChI is InChI=1S/C15H29NO/c1-3-5-7-13-8-10-14-15(17)11-9-12(6-4-2)16(13)14/h12-15,17H,3-11H2,1-2H3/t12-,13+,14-,15+/m1/s1. The zero-order chi connectivity index (χ0) is 12.3. The van der Waals surface area contributed by atoms with Crippen LogP contribution >= 0.6 is 0 Å². The van der Waals surface area contributed by atoms with E-state index in [1.165, 1.54) is 51.4 Å². The zero-order valence-corrected chi connectivity index (χ0v) is 11.6. The van der Waals surface area contributed by atoms with Crippen LogP contribution in [0.15, 0.2) is 0 Å². The zero-order valence-electron chi connectivity index (χ0n) is 11.6. The summed E-state index contributed by atoms with van der Waals surface area (Å²) < 4.78 is 0. The predicted octanol–water partition coefficient (Wildman–Crippen LogP) is 3.33. The fourth-order valence-corrected chi connectivity index (χ4v) is 3.96. The molecule has 0 saturated carbocycles. The summed E-state index contributed by atoms with van der Waals surface area (Å²) >= 11 is 0. The maximum absolute atomic E-state index is 10.2. The van der Waals surface area contributed by atoms with Gasteiger partial charge in [0.2, 0.25) is 0 Å². The van der Waals surface area contributed by atoms with E-state index < -0.39 is 0 Å². The van der Waals surface area contributed by atoms with Gasteiger partial charge in [-0.05, 0) is 38.5 Å². The van der Waals surface area contributed by atoms with Crippen LogP contribution in [0.2, 0.25) is 0 Å². The molecule has 0 aliphatic carbocycles. The first kappa shape index (κ1) is 13.4. The third-order valence-electron chi connectivity index (χ3n) is 4.77. The first-order valence-corrected chi connectivity index (χ1v) is 7.73. The molecule has 2 nitrogen and oxygen atoms in total. The minimum absolute atomic E-state index is 0.0465. The molecular formula is C15H29NO. The Balaban J connectivity index is 2.01. The topological polar surface area (TPSA) is 23.5 Å². The Morgan fingerprint density at radius 2 is 1.65 bits per heavy atom. The molecule has 0 aromatic heterocycles. The molecule has 1 N–H and O–H groups in total. The lowest BCUT2D eigenvalue weighted by atomic mass is 9.91. The molecule has 100 valence electrons. The Morgan fingerprint density at radius 1 is 0.941 bits per heavy atom. The summed E-state index contributed by atoms with van der Waals surface area (Å²) in [6, 6.07) is 2.02. The molecule has 0 radical (unpaired) electrons. The number of hydrogen-bond acceptors (Lipinski definition) is 2. The Bertz CT molecular complexity index is 231. The lowest BCUT2D eigenvalue weighted by Crippen LogP contribution is -2.52. The second kappa shape index (κ2) is 6.19. The van der Waals surface area contributed by atoms with E-state index in [9.17, 15) is 5.11 Å². The van der Waals surface area contributed by atoms with Gasteiger partial charge in [-0.25, -0.2) is 0 Å². The quantitative estimate of drug-likeness (QED) is 0.795. The van der Waals surface area contributed by atoms with Gasteiger partial charge in [0.25, 0.3) is 0 Å². The molecule has 0 spiro atoms. The number of rotatable bonds is 5. The Morgan fingerprint density at radius 3 is 2.35 bits per heavy atom. The van der Waals surface area contributed by atoms with E-state index in [2.05, 4.69) is 18.7 Å². The third-order valence-corrected chi connectivity index (χ3v) is 4.77. The maximum atomic E-state index is 10.2. The minimum Gasteiger partial charge on any atom is -0.391 e. The first-order chi connectivity index (χ1) is 8.27. The predicted molar refractivity (Wildman–Crippen MR) is 72.1 cm³/mol. The van der Waals surface area contributed by atoms with Gasteiger partial charge in [-0.1, -0.05) is 33.1 Å². The van der Waals surface area contributed by atoms with Crippen molar-refractivity contribution in [2.75, 3.05) is 0 Å². The van der Waals surface area contributed by atoms with Crippen LogP contribution in [0.3, 0.4) is 0 Å². The van der Waals surface area contributed by atoms with Gasteiger partial charge in [0, 0.05) is 18.1 Å². The van der Waals surface area contributed by atoms with Crippen molar-refractivity contribution in [3.63, 3.8) is 0 Å². The lowest BCUT2D eigenvalue weighted by Gasteiger charge is -2.44. The molecule has 0 amide bonds. The van der Waals surface area contributed by atoms with Gasteiger partial charge in [-0.2, -0.15) is 0 Å². The summed E-state index contributed by atoms with van der Waals surface area (Å²) in [4.78, 5) is 2.72. The summed E-state index contributed by atoms with van der Waals surface area (Å²) in [7, 11) is 0. The highest BCUT2D eigenvalue weighted by Crippen LogP contribution is 2.38. The third kappa shape index (κ3) is 2.85. The molecule has 2 fully saturated rings. The highest BCUT2D eigenvalue weighted by Gasteiger charge is 2.43. The first-order valence-electron chi connectivity index (χ1n) is 7.73. The van der Waals surface area contributed by atoms with Crippen LogP contribution in [0.4, 0.5) is 0 Å². The number of hydrogen-bond donors (Lipinski definition) is 1. The monoisotopic (exact) mass is 239 g/mol. The van der Waals surface area contributed by atoms with Crippen molar-refractivity contribution in [1.29, 1.82) is 0 Å². The largest absolute Gasteiger partial charge is 0.391 e. The molecular weight excluding hydrogens is 210 g/mol. The van der Waals surface area contributed by atoms with E-state index in [1.807, 2.05) is 0 Å². The molecule has 2 heteroatoms. The Kier molecular flexibility index (Phi) is 4.87. The summed E-state index contributed by atoms with van der Waals surface area (Å²) in [5.41, 5.74) is 0. The van der Waals surface area contributed by atoms with E-state index in [0.717, 1.165) is 18.5 Å². The highest BCUT2D eigenvalue weighted by molar-refractivity contribution is 4.98. The summed E-state index contributed by atoms with van der Waals surface area (Å²) in [5.74, 6) is 0. The average molecular weight is 239 g/mol. The molecule has 4 atom stereocenters. The molecule has 0 unspecified atom stereocenters. The van der Waals surface area contributed by atoms with Crippen LogP contribution in [0.25, 0.3) is 0 Å². The van der Waals surface area contributed by atoms with Gasteiger partial charge in [0.15, 0.2) is 0 Å². The maximum Gasteiger partial charge on any atom is 0.0696 e. The number of unbranched alkanes of at least 4 members (excludes halogenated alkanes) is 1. The molecule has 0 bridgehead atoms. The van der Waals surface area contributed by atoms with Gasteiger partial charge in [-0.15, -0.1) is 0 Å². The Hall–Kier alpha value is -0.0800. The van der Waals surface area contributed by atoms with E-state index in [4.69, 9.17) is 0 Å². The second-order valence-corrected chi connectivity index (χ2v) is 5.98. The van der Waals surface area contributed by atoms with E-state index >= 15 is 0 Å². The lowest BCUT2D eigenvalue weighted by molar-refractivity contribution is -0.0203. The van der Waals surface area contributed by atoms with E-state index in [-0.39, 0.29) is 6.10 Å². The number of aliphatic hydroxyl groups is 1. The molecule has 0 aromatic carbocycles. The van der Waals surface area contributed by atoms with Crippen LogP contribution < -0.4 is 0 Å². The SMILES string of the molecule is CCCC[C@H]1CC[C@@H]2[C@@H](O)CC[C@@H](CCC)N12. The van der Waals surface area contributed by atoms with E-state index in [0.29, 0.717) is 6.04 Å². The Labute approximate surface area is 106 Å². The number of aliphatic hydroxyl groups excluding tert-OH is 1. The second-order valence-electron chi connectivity index (χ2n) is 5.98. The van der Waals surface area contributed by atoms with Crippen LogP contribution in [0.1, 0.15) is 71.6 Å². The fourth-order valence-electron chi connectivity index (χ4n) is 3.96. The smallest absolute Gasteiger partial charge is 0.0696 e. The van der Waals surface area contributed by atoms with Crippen LogP contribution in [0.5, 0.6) is 0 Å². The molecule has 2 aliphatic rings. The van der Waals surface area contributed by atoms with Crippen LogP contribution in [-0.4, -0.2) is 34.2 Å². The van der Waals surface area contributed by atoms with Crippen molar-refractivity contribution < 1.29 is 5.11 Å². The van der Waals surface area contributed by atoms with Gasteiger partial charge >= 0.3 is 0 Å². The molecule has 2 saturated heterocycles. The van der Waals surface area contributed by atoms with Gasteiger partial charge in [0.1, 0.15) is 0 Å².